The van der Waals surface area contributed by atoms with Gasteiger partial charge >= 0.3 is 0 Å². The molecule has 4 fully saturated rings. The SMILES string of the molecule is CCc1cc2ncc(CN3CCN(c4ccc(C(=O)NC5CN(C6CN(c7ccc8c(c7)C(=O)N([C@H]7CCC(=O)NC7=O)C8=O)C6)C5)nc4)CC3)cc2[nH]c1=O. The average Bonchev–Trinajstić information content (AvgIpc) is 3.41. The van der Waals surface area contributed by atoms with Crippen LogP contribution in [0.2, 0.25) is 0 Å². The van der Waals surface area contributed by atoms with E-state index in [1.54, 1.807) is 24.4 Å². The number of anilines is 2. The first-order chi connectivity index (χ1) is 27.1. The van der Waals surface area contributed by atoms with Gasteiger partial charge in [0.05, 0.1) is 40.1 Å². The third-order valence-corrected chi connectivity index (χ3v) is 11.7. The number of aromatic nitrogens is 3. The van der Waals surface area contributed by atoms with Gasteiger partial charge in [-0.15, -0.1) is 0 Å². The maximum atomic E-state index is 13.2. The number of carbonyl (C=O) groups excluding carboxylic acids is 5. The van der Waals surface area contributed by atoms with Crippen molar-refractivity contribution in [3.8, 4) is 0 Å². The molecule has 0 unspecified atom stereocenters. The van der Waals surface area contributed by atoms with Crippen LogP contribution in [0.3, 0.4) is 0 Å². The molecule has 0 bridgehead atoms. The lowest BCUT2D eigenvalue weighted by atomic mass is 9.98. The fourth-order valence-corrected chi connectivity index (χ4v) is 8.36. The number of aryl methyl sites for hydroxylation is 1. The van der Waals surface area contributed by atoms with E-state index in [2.05, 4.69) is 45.2 Å². The predicted octanol–water partition coefficient (Wildman–Crippen LogP) is 0.907. The molecule has 16 heteroatoms. The van der Waals surface area contributed by atoms with Crippen molar-refractivity contribution in [3.63, 3.8) is 0 Å². The van der Waals surface area contributed by atoms with Gasteiger partial charge in [-0.1, -0.05) is 6.92 Å². The highest BCUT2D eigenvalue weighted by Crippen LogP contribution is 2.33. The van der Waals surface area contributed by atoms with E-state index in [-0.39, 0.29) is 41.5 Å². The Bertz CT molecular complexity index is 2330. The van der Waals surface area contributed by atoms with Crippen LogP contribution in [0.25, 0.3) is 11.0 Å². The van der Waals surface area contributed by atoms with E-state index in [1.807, 2.05) is 37.4 Å². The zero-order chi connectivity index (χ0) is 38.7. The lowest BCUT2D eigenvalue weighted by Crippen LogP contribution is -2.69. The van der Waals surface area contributed by atoms with Gasteiger partial charge in [0.1, 0.15) is 11.7 Å². The maximum absolute atomic E-state index is 13.2. The molecule has 4 aromatic rings. The standard InChI is InChI=1S/C40H42N10O6/c1-2-24-14-32-33(44-36(24)52)13-23(16-41-32)18-46-9-11-47(12-10-46)27-4-6-31(42-17-27)37(53)43-25-19-48(20-25)28-21-49(22-28)26-3-5-29-30(15-26)40(56)50(39(29)55)34-7-8-35(51)45-38(34)54/h3-6,13-17,25,28,34H,2,7-12,18-22H2,1H3,(H,43,53)(H,44,52)(H,45,51,54)/t34-/m0/s1. The van der Waals surface area contributed by atoms with Crippen LogP contribution < -0.4 is 26.0 Å². The largest absolute Gasteiger partial charge is 0.368 e. The summed E-state index contributed by atoms with van der Waals surface area (Å²) in [5.41, 5.74) is 6.03. The number of likely N-dealkylation sites (tertiary alicyclic amines) is 1. The molecule has 288 valence electrons. The van der Waals surface area contributed by atoms with Crippen molar-refractivity contribution < 1.29 is 24.0 Å². The number of imide groups is 2. The van der Waals surface area contributed by atoms with Crippen molar-refractivity contribution in [2.24, 2.45) is 0 Å². The Kier molecular flexibility index (Phi) is 9.08. The highest BCUT2D eigenvalue weighted by atomic mass is 16.2. The first kappa shape index (κ1) is 35.7. The molecule has 1 aromatic carbocycles. The number of piperazine rings is 1. The van der Waals surface area contributed by atoms with Gasteiger partial charge in [0.2, 0.25) is 11.8 Å². The Morgan fingerprint density at radius 2 is 1.61 bits per heavy atom. The number of nitrogens with zero attached hydrogens (tertiary/aromatic N) is 7. The summed E-state index contributed by atoms with van der Waals surface area (Å²) in [6, 6.07) is 12.1. The zero-order valence-electron chi connectivity index (χ0n) is 31.0. The second-order valence-electron chi connectivity index (χ2n) is 15.3. The Balaban J connectivity index is 0.714. The summed E-state index contributed by atoms with van der Waals surface area (Å²) in [6.07, 6.45) is 4.52. The number of aromatic amines is 1. The van der Waals surface area contributed by atoms with Crippen LogP contribution in [0, 0.1) is 0 Å². The van der Waals surface area contributed by atoms with Crippen molar-refractivity contribution in [3.05, 3.63) is 93.2 Å². The number of benzene rings is 1. The highest BCUT2D eigenvalue weighted by Gasteiger charge is 2.45. The van der Waals surface area contributed by atoms with Crippen molar-refractivity contribution in [2.45, 2.75) is 50.9 Å². The smallest absolute Gasteiger partial charge is 0.270 e. The van der Waals surface area contributed by atoms with Gasteiger partial charge in [-0.25, -0.2) is 4.98 Å². The number of piperidine rings is 1. The number of H-pyrrole nitrogens is 1. The van der Waals surface area contributed by atoms with Crippen molar-refractivity contribution in [1.29, 1.82) is 0 Å². The molecule has 3 aromatic heterocycles. The summed E-state index contributed by atoms with van der Waals surface area (Å²) < 4.78 is 0. The molecular weight excluding hydrogens is 717 g/mol. The summed E-state index contributed by atoms with van der Waals surface area (Å²) in [5, 5.41) is 5.33. The molecule has 0 aliphatic carbocycles. The molecule has 1 atom stereocenters. The number of hydrogen-bond donors (Lipinski definition) is 3. The molecule has 4 saturated heterocycles. The van der Waals surface area contributed by atoms with Gasteiger partial charge in [-0.2, -0.15) is 0 Å². The molecule has 8 heterocycles. The van der Waals surface area contributed by atoms with Crippen LogP contribution >= 0.6 is 0 Å². The van der Waals surface area contributed by atoms with Gasteiger partial charge in [-0.3, -0.25) is 53.8 Å². The molecular formula is C40H42N10O6. The number of nitrogens with one attached hydrogen (secondary N) is 3. The van der Waals surface area contributed by atoms with Crippen molar-refractivity contribution >= 4 is 51.9 Å². The van der Waals surface area contributed by atoms with E-state index >= 15 is 0 Å². The van der Waals surface area contributed by atoms with Crippen molar-refractivity contribution in [2.75, 3.05) is 62.2 Å². The molecule has 3 N–H and O–H groups in total. The van der Waals surface area contributed by atoms with Crippen LogP contribution in [-0.4, -0.2) is 130 Å². The van der Waals surface area contributed by atoms with E-state index in [0.29, 0.717) is 18.2 Å². The summed E-state index contributed by atoms with van der Waals surface area (Å²) in [5.74, 6) is -2.25. The predicted molar refractivity (Wildman–Crippen MR) is 205 cm³/mol. The number of rotatable bonds is 9. The molecule has 5 amide bonds. The van der Waals surface area contributed by atoms with E-state index in [9.17, 15) is 28.8 Å². The third-order valence-electron chi connectivity index (χ3n) is 11.7. The molecule has 56 heavy (non-hydrogen) atoms. The van der Waals surface area contributed by atoms with E-state index in [1.165, 1.54) is 0 Å². The Morgan fingerprint density at radius 1 is 0.839 bits per heavy atom. The fourth-order valence-electron chi connectivity index (χ4n) is 8.36. The second kappa shape index (κ2) is 14.3. The van der Waals surface area contributed by atoms with E-state index in [4.69, 9.17) is 0 Å². The number of fused-ring (bicyclic) bond motifs is 2. The topological polar surface area (TPSA) is 184 Å². The first-order valence-electron chi connectivity index (χ1n) is 19.2. The van der Waals surface area contributed by atoms with Crippen LogP contribution in [0.15, 0.2) is 59.7 Å². The molecule has 5 aliphatic heterocycles. The number of hydrogen-bond acceptors (Lipinski definition) is 12. The first-order valence-corrected chi connectivity index (χ1v) is 19.2. The maximum Gasteiger partial charge on any atom is 0.270 e. The average molecular weight is 759 g/mol. The number of carbonyl (C=O) groups is 5. The van der Waals surface area contributed by atoms with Gasteiger partial charge in [0.15, 0.2) is 0 Å². The van der Waals surface area contributed by atoms with E-state index in [0.717, 1.165) is 97.3 Å². The Labute approximate surface area is 321 Å². The molecule has 0 spiro atoms. The fraction of sp³-hybridized carbons (Fsp3) is 0.400. The zero-order valence-corrected chi connectivity index (χ0v) is 31.0. The van der Waals surface area contributed by atoms with Crippen LogP contribution in [-0.2, 0) is 22.6 Å². The highest BCUT2D eigenvalue weighted by molar-refractivity contribution is 6.23. The Hall–Kier alpha value is -6.00. The molecule has 16 nitrogen and oxygen atoms in total. The lowest BCUT2D eigenvalue weighted by molar-refractivity contribution is -0.136. The van der Waals surface area contributed by atoms with Crippen molar-refractivity contribution in [1.82, 2.24) is 40.3 Å². The van der Waals surface area contributed by atoms with Crippen LogP contribution in [0.1, 0.15) is 62.1 Å². The van der Waals surface area contributed by atoms with Gasteiger partial charge in [0.25, 0.3) is 23.3 Å². The molecule has 0 radical (unpaired) electrons. The third kappa shape index (κ3) is 6.57. The molecule has 5 aliphatic rings. The summed E-state index contributed by atoms with van der Waals surface area (Å²) in [4.78, 5) is 97.7. The Morgan fingerprint density at radius 3 is 2.34 bits per heavy atom. The van der Waals surface area contributed by atoms with Crippen LogP contribution in [0.5, 0.6) is 0 Å². The van der Waals surface area contributed by atoms with Crippen LogP contribution in [0.4, 0.5) is 11.4 Å². The number of pyridine rings is 3. The summed E-state index contributed by atoms with van der Waals surface area (Å²) in [7, 11) is 0. The normalized spacial score (nSPS) is 20.9. The molecule has 0 saturated carbocycles. The minimum absolute atomic E-state index is 0.0276. The quantitative estimate of drug-likeness (QED) is 0.206. The van der Waals surface area contributed by atoms with Gasteiger partial charge in [-0.05, 0) is 60.9 Å². The monoisotopic (exact) mass is 758 g/mol. The lowest BCUT2D eigenvalue weighted by Gasteiger charge is -2.52. The second-order valence-corrected chi connectivity index (χ2v) is 15.3. The number of amides is 5. The molecule has 9 rings (SSSR count). The van der Waals surface area contributed by atoms with Gasteiger partial charge < -0.3 is 20.1 Å². The minimum atomic E-state index is -0.989. The summed E-state index contributed by atoms with van der Waals surface area (Å²) >= 11 is 0. The minimum Gasteiger partial charge on any atom is -0.368 e. The summed E-state index contributed by atoms with van der Waals surface area (Å²) in [6.45, 7) is 9.05. The van der Waals surface area contributed by atoms with E-state index < -0.39 is 29.7 Å². The van der Waals surface area contributed by atoms with Gasteiger partial charge in [0, 0.05) is 88.8 Å².